The Morgan fingerprint density at radius 1 is 1.31 bits per heavy atom. The number of nitrogens with two attached hydrogens (primary N) is 1. The molecule has 0 aromatic carbocycles. The van der Waals surface area contributed by atoms with Gasteiger partial charge in [-0.3, -0.25) is 0 Å². The van der Waals surface area contributed by atoms with Crippen LogP contribution >= 0.6 is 0 Å². The molecule has 0 aliphatic carbocycles. The van der Waals surface area contributed by atoms with Crippen LogP contribution in [0.3, 0.4) is 0 Å². The van der Waals surface area contributed by atoms with Crippen molar-refractivity contribution < 1.29 is 0 Å². The van der Waals surface area contributed by atoms with E-state index in [9.17, 15) is 0 Å². The summed E-state index contributed by atoms with van der Waals surface area (Å²) in [5.74, 6) is 0. The zero-order chi connectivity index (χ0) is 10.3. The van der Waals surface area contributed by atoms with Gasteiger partial charge in [0.25, 0.3) is 0 Å². The molecule has 13 heavy (non-hydrogen) atoms. The molecular weight excluding hydrogens is 160 g/mol. The van der Waals surface area contributed by atoms with Crippen LogP contribution in [0.1, 0.15) is 47.0 Å². The van der Waals surface area contributed by atoms with Gasteiger partial charge < -0.3 is 11.1 Å². The van der Waals surface area contributed by atoms with Crippen LogP contribution in [0, 0.1) is 5.41 Å². The van der Waals surface area contributed by atoms with Crippen LogP contribution in [0.2, 0.25) is 0 Å². The van der Waals surface area contributed by atoms with Crippen molar-refractivity contribution in [2.24, 2.45) is 11.1 Å². The van der Waals surface area contributed by atoms with E-state index in [1.807, 2.05) is 0 Å². The Bertz CT molecular complexity index is 116. The largest absolute Gasteiger partial charge is 0.330 e. The lowest BCUT2D eigenvalue weighted by Gasteiger charge is -2.21. The van der Waals surface area contributed by atoms with Gasteiger partial charge in [-0.05, 0) is 44.7 Å². The highest BCUT2D eigenvalue weighted by Crippen LogP contribution is 2.21. The summed E-state index contributed by atoms with van der Waals surface area (Å²) in [7, 11) is 0. The predicted octanol–water partition coefficient (Wildman–Crippen LogP) is 2.14. The summed E-state index contributed by atoms with van der Waals surface area (Å²) < 4.78 is 0. The van der Waals surface area contributed by atoms with Gasteiger partial charge in [0.05, 0.1) is 0 Å². The van der Waals surface area contributed by atoms with E-state index in [2.05, 4.69) is 33.0 Å². The first-order chi connectivity index (χ1) is 5.95. The normalized spacial score (nSPS) is 14.5. The molecule has 0 fully saturated rings. The van der Waals surface area contributed by atoms with Crippen LogP contribution < -0.4 is 11.1 Å². The average molecular weight is 186 g/mol. The molecule has 0 spiro atoms. The first kappa shape index (κ1) is 12.9. The minimum absolute atomic E-state index is 0.462. The summed E-state index contributed by atoms with van der Waals surface area (Å²) in [5.41, 5.74) is 5.88. The van der Waals surface area contributed by atoms with E-state index in [-0.39, 0.29) is 0 Å². The SMILES string of the molecule is C[C@H](CCC(C)(C)C)NCCCN. The van der Waals surface area contributed by atoms with Crippen molar-refractivity contribution in [1.29, 1.82) is 0 Å². The summed E-state index contributed by atoms with van der Waals surface area (Å²) >= 11 is 0. The molecule has 0 aliphatic rings. The fourth-order valence-electron chi connectivity index (χ4n) is 1.20. The standard InChI is InChI=1S/C11H26N2/c1-10(13-9-5-8-12)6-7-11(2,3)4/h10,13H,5-9,12H2,1-4H3/t10-/m1/s1. The molecule has 0 rings (SSSR count). The van der Waals surface area contributed by atoms with Crippen molar-refractivity contribution in [1.82, 2.24) is 5.32 Å². The zero-order valence-corrected chi connectivity index (χ0v) is 9.69. The Morgan fingerprint density at radius 2 is 1.92 bits per heavy atom. The van der Waals surface area contributed by atoms with E-state index >= 15 is 0 Å². The summed E-state index contributed by atoms with van der Waals surface area (Å²) in [6, 6.07) is 0.630. The molecule has 0 radical (unpaired) electrons. The molecule has 0 aromatic heterocycles. The van der Waals surface area contributed by atoms with Crippen molar-refractivity contribution >= 4 is 0 Å². The minimum atomic E-state index is 0.462. The maximum Gasteiger partial charge on any atom is 0.00389 e. The number of hydrogen-bond acceptors (Lipinski definition) is 2. The third-order valence-corrected chi connectivity index (χ3v) is 2.20. The molecule has 1 atom stereocenters. The Labute approximate surface area is 83.3 Å². The van der Waals surface area contributed by atoms with Crippen LogP contribution in [-0.4, -0.2) is 19.1 Å². The number of rotatable bonds is 6. The molecule has 0 aliphatic heterocycles. The molecule has 0 saturated carbocycles. The first-order valence-corrected chi connectivity index (χ1v) is 5.39. The van der Waals surface area contributed by atoms with Crippen molar-refractivity contribution in [2.75, 3.05) is 13.1 Å². The van der Waals surface area contributed by atoms with Gasteiger partial charge in [0.15, 0.2) is 0 Å². The molecule has 80 valence electrons. The van der Waals surface area contributed by atoms with Gasteiger partial charge in [0.2, 0.25) is 0 Å². The lowest BCUT2D eigenvalue weighted by molar-refractivity contribution is 0.336. The Kier molecular flexibility index (Phi) is 6.35. The van der Waals surface area contributed by atoms with E-state index in [4.69, 9.17) is 5.73 Å². The van der Waals surface area contributed by atoms with Crippen molar-refractivity contribution in [3.8, 4) is 0 Å². The highest BCUT2D eigenvalue weighted by Gasteiger charge is 2.11. The monoisotopic (exact) mass is 186 g/mol. The fourth-order valence-corrected chi connectivity index (χ4v) is 1.20. The Hall–Kier alpha value is -0.0800. The van der Waals surface area contributed by atoms with E-state index in [1.54, 1.807) is 0 Å². The number of nitrogens with one attached hydrogen (secondary N) is 1. The highest BCUT2D eigenvalue weighted by atomic mass is 14.9. The van der Waals surface area contributed by atoms with Crippen LogP contribution in [0.4, 0.5) is 0 Å². The van der Waals surface area contributed by atoms with Crippen LogP contribution in [-0.2, 0) is 0 Å². The maximum atomic E-state index is 5.42. The van der Waals surface area contributed by atoms with Gasteiger partial charge in [-0.25, -0.2) is 0 Å². The first-order valence-electron chi connectivity index (χ1n) is 5.39. The van der Waals surface area contributed by atoms with Gasteiger partial charge in [-0.1, -0.05) is 20.8 Å². The van der Waals surface area contributed by atoms with Gasteiger partial charge in [-0.2, -0.15) is 0 Å². The van der Waals surface area contributed by atoms with Crippen molar-refractivity contribution in [2.45, 2.75) is 53.0 Å². The predicted molar refractivity (Wildman–Crippen MR) is 59.8 cm³/mol. The second-order valence-electron chi connectivity index (χ2n) is 5.10. The molecule has 0 saturated heterocycles. The van der Waals surface area contributed by atoms with Gasteiger partial charge in [-0.15, -0.1) is 0 Å². The third-order valence-electron chi connectivity index (χ3n) is 2.20. The second-order valence-corrected chi connectivity index (χ2v) is 5.10. The summed E-state index contributed by atoms with van der Waals surface area (Å²) in [5, 5.41) is 3.48. The highest BCUT2D eigenvalue weighted by molar-refractivity contribution is 4.67. The topological polar surface area (TPSA) is 38.0 Å². The zero-order valence-electron chi connectivity index (χ0n) is 9.69. The average Bonchev–Trinajstić information content (AvgIpc) is 2.00. The molecule has 0 bridgehead atoms. The molecule has 2 heteroatoms. The minimum Gasteiger partial charge on any atom is -0.330 e. The van der Waals surface area contributed by atoms with Gasteiger partial charge in [0.1, 0.15) is 0 Å². The summed E-state index contributed by atoms with van der Waals surface area (Å²) in [6.07, 6.45) is 3.62. The fraction of sp³-hybridized carbons (Fsp3) is 1.00. The van der Waals surface area contributed by atoms with Crippen LogP contribution in [0.5, 0.6) is 0 Å². The summed E-state index contributed by atoms with van der Waals surface area (Å²) in [6.45, 7) is 11.0. The van der Waals surface area contributed by atoms with Crippen LogP contribution in [0.15, 0.2) is 0 Å². The van der Waals surface area contributed by atoms with Crippen LogP contribution in [0.25, 0.3) is 0 Å². The lowest BCUT2D eigenvalue weighted by atomic mass is 9.89. The number of hydrogen-bond donors (Lipinski definition) is 2. The van der Waals surface area contributed by atoms with Crippen molar-refractivity contribution in [3.63, 3.8) is 0 Å². The van der Waals surface area contributed by atoms with E-state index < -0.39 is 0 Å². The third kappa shape index (κ3) is 9.84. The molecule has 0 aromatic rings. The van der Waals surface area contributed by atoms with Gasteiger partial charge in [0, 0.05) is 6.04 Å². The molecule has 3 N–H and O–H groups in total. The van der Waals surface area contributed by atoms with E-state index in [0.29, 0.717) is 11.5 Å². The lowest BCUT2D eigenvalue weighted by Crippen LogP contribution is -2.29. The Morgan fingerprint density at radius 3 is 2.38 bits per heavy atom. The summed E-state index contributed by atoms with van der Waals surface area (Å²) in [4.78, 5) is 0. The van der Waals surface area contributed by atoms with E-state index in [1.165, 1.54) is 12.8 Å². The maximum absolute atomic E-state index is 5.42. The quantitative estimate of drug-likeness (QED) is 0.624. The molecule has 0 heterocycles. The van der Waals surface area contributed by atoms with E-state index in [0.717, 1.165) is 19.5 Å². The van der Waals surface area contributed by atoms with Gasteiger partial charge >= 0.3 is 0 Å². The molecule has 0 unspecified atom stereocenters. The molecule has 2 nitrogen and oxygen atoms in total. The Balaban J connectivity index is 3.35. The molecule has 0 amide bonds. The van der Waals surface area contributed by atoms with Crippen molar-refractivity contribution in [3.05, 3.63) is 0 Å². The second kappa shape index (κ2) is 6.39. The molecular formula is C11H26N2. The smallest absolute Gasteiger partial charge is 0.00389 e.